The van der Waals surface area contributed by atoms with Crippen molar-refractivity contribution >= 4 is 22.6 Å². The molecule has 2 aromatic heterocycles. The number of urea groups is 1. The summed E-state index contributed by atoms with van der Waals surface area (Å²) in [7, 11) is 0. The smallest absolute Gasteiger partial charge is 0.321 e. The third-order valence-electron chi connectivity index (χ3n) is 7.50. The topological polar surface area (TPSA) is 108 Å². The van der Waals surface area contributed by atoms with E-state index in [1.807, 2.05) is 49.4 Å². The molecule has 1 saturated heterocycles. The second-order valence-corrected chi connectivity index (χ2v) is 10.0. The van der Waals surface area contributed by atoms with Crippen LogP contribution < -0.4 is 5.32 Å². The number of benzene rings is 2. The molecule has 0 radical (unpaired) electrons. The van der Waals surface area contributed by atoms with E-state index in [1.54, 1.807) is 17.2 Å². The number of hydrogen-bond acceptors (Lipinski definition) is 6. The number of likely N-dealkylation sites (tertiary alicyclic amines) is 1. The van der Waals surface area contributed by atoms with E-state index in [-0.39, 0.29) is 17.4 Å². The van der Waals surface area contributed by atoms with Crippen molar-refractivity contribution in [1.29, 1.82) is 5.26 Å². The van der Waals surface area contributed by atoms with Crippen LogP contribution in [0.4, 0.5) is 14.9 Å². The molecule has 1 N–H and O–H groups in total. The maximum absolute atomic E-state index is 13.4. The average Bonchev–Trinajstić information content (AvgIpc) is 3.44. The first-order chi connectivity index (χ1) is 17.9. The zero-order valence-electron chi connectivity index (χ0n) is 20.3. The number of amides is 2. The standard InChI is InChI=1S/C28H25FN6O2/c1-28(26-33-25(37-34-26)21-15-22(21)29)9-12-35(13-10-28)27(36)32-24-19(16-30)4-2-6-20(24)18-8-7-17-5-3-11-31-23(17)14-18/h2-8,11,14,21-22H,9-10,12-13,15H2,1H3,(H,32,36)/t21-,22+/m1/s1. The molecule has 3 heterocycles. The van der Waals surface area contributed by atoms with Crippen LogP contribution in [0.3, 0.4) is 0 Å². The summed E-state index contributed by atoms with van der Waals surface area (Å²) < 4.78 is 18.7. The average molecular weight is 497 g/mol. The Labute approximate surface area is 213 Å². The Morgan fingerprint density at radius 3 is 2.78 bits per heavy atom. The van der Waals surface area contributed by atoms with Crippen molar-refractivity contribution in [2.75, 3.05) is 18.4 Å². The lowest BCUT2D eigenvalue weighted by atomic mass is 9.80. The van der Waals surface area contributed by atoms with E-state index in [4.69, 9.17) is 4.52 Å². The molecule has 1 aliphatic heterocycles. The number of piperidine rings is 1. The second-order valence-electron chi connectivity index (χ2n) is 10.0. The number of nitrogens with zero attached hydrogens (tertiary/aromatic N) is 5. The molecule has 6 rings (SSSR count). The maximum Gasteiger partial charge on any atom is 0.321 e. The molecular formula is C28H25FN6O2. The van der Waals surface area contributed by atoms with Crippen LogP contribution >= 0.6 is 0 Å². The quantitative estimate of drug-likeness (QED) is 0.396. The molecule has 0 bridgehead atoms. The van der Waals surface area contributed by atoms with E-state index in [0.717, 1.165) is 22.0 Å². The third-order valence-corrected chi connectivity index (χ3v) is 7.50. The van der Waals surface area contributed by atoms with E-state index >= 15 is 0 Å². The molecule has 2 aliphatic rings. The van der Waals surface area contributed by atoms with Crippen LogP contribution in [-0.2, 0) is 5.41 Å². The van der Waals surface area contributed by atoms with Gasteiger partial charge in [0.05, 0.1) is 22.7 Å². The fourth-order valence-corrected chi connectivity index (χ4v) is 4.92. The highest BCUT2D eigenvalue weighted by Gasteiger charge is 2.45. The van der Waals surface area contributed by atoms with Crippen LogP contribution in [0.25, 0.3) is 22.0 Å². The first-order valence-corrected chi connectivity index (χ1v) is 12.4. The first kappa shape index (κ1) is 23.1. The molecule has 2 amide bonds. The van der Waals surface area contributed by atoms with Gasteiger partial charge in [-0.2, -0.15) is 10.2 Å². The van der Waals surface area contributed by atoms with Gasteiger partial charge >= 0.3 is 6.03 Å². The Morgan fingerprint density at radius 1 is 1.22 bits per heavy atom. The molecule has 0 unspecified atom stereocenters. The minimum atomic E-state index is -0.890. The van der Waals surface area contributed by atoms with Crippen LogP contribution in [0.2, 0.25) is 0 Å². The number of carbonyl (C=O) groups is 1. The molecule has 2 atom stereocenters. The fourth-order valence-electron chi connectivity index (χ4n) is 4.92. The molecule has 37 heavy (non-hydrogen) atoms. The van der Waals surface area contributed by atoms with Crippen molar-refractivity contribution in [3.05, 3.63) is 72.0 Å². The predicted molar refractivity (Wildman–Crippen MR) is 136 cm³/mol. The van der Waals surface area contributed by atoms with E-state index in [0.29, 0.717) is 55.3 Å². The lowest BCUT2D eigenvalue weighted by Gasteiger charge is -2.37. The molecular weight excluding hydrogens is 471 g/mol. The van der Waals surface area contributed by atoms with Gasteiger partial charge in [-0.1, -0.05) is 42.4 Å². The Balaban J connectivity index is 1.20. The number of rotatable bonds is 4. The number of pyridine rings is 1. The van der Waals surface area contributed by atoms with Crippen molar-refractivity contribution in [3.63, 3.8) is 0 Å². The number of halogens is 1. The first-order valence-electron chi connectivity index (χ1n) is 12.4. The summed E-state index contributed by atoms with van der Waals surface area (Å²) in [6.45, 7) is 3.03. The number of aromatic nitrogens is 3. The van der Waals surface area contributed by atoms with E-state index in [1.165, 1.54) is 0 Å². The SMILES string of the molecule is CC1(c2noc([C@@H]3C[C@@H]3F)n2)CCN(C(=O)Nc2c(C#N)cccc2-c2ccc3cccnc3c2)CC1. The Morgan fingerprint density at radius 2 is 2.03 bits per heavy atom. The van der Waals surface area contributed by atoms with Gasteiger partial charge in [0.1, 0.15) is 12.2 Å². The zero-order valence-corrected chi connectivity index (χ0v) is 20.3. The van der Waals surface area contributed by atoms with Crippen LogP contribution in [-0.4, -0.2) is 45.3 Å². The number of anilines is 1. The lowest BCUT2D eigenvalue weighted by Crippen LogP contribution is -2.46. The fraction of sp³-hybridized carbons (Fsp3) is 0.321. The molecule has 1 aliphatic carbocycles. The number of alkyl halides is 1. The van der Waals surface area contributed by atoms with Gasteiger partial charge in [0.25, 0.3) is 0 Å². The van der Waals surface area contributed by atoms with Gasteiger partial charge < -0.3 is 14.7 Å². The van der Waals surface area contributed by atoms with Crippen LogP contribution in [0.1, 0.15) is 49.4 Å². The van der Waals surface area contributed by atoms with Gasteiger partial charge in [0.15, 0.2) is 5.82 Å². The summed E-state index contributed by atoms with van der Waals surface area (Å²) >= 11 is 0. The monoisotopic (exact) mass is 496 g/mol. The van der Waals surface area contributed by atoms with Crippen molar-refractivity contribution in [1.82, 2.24) is 20.0 Å². The molecule has 4 aromatic rings. The second kappa shape index (κ2) is 8.96. The number of para-hydroxylation sites is 1. The van der Waals surface area contributed by atoms with Gasteiger partial charge in [0, 0.05) is 35.7 Å². The Bertz CT molecular complexity index is 1540. The summed E-state index contributed by atoms with van der Waals surface area (Å²) in [4.78, 5) is 24.0. The van der Waals surface area contributed by atoms with Crippen molar-refractivity contribution in [2.45, 2.75) is 43.7 Å². The van der Waals surface area contributed by atoms with E-state index in [9.17, 15) is 14.4 Å². The molecule has 1 saturated carbocycles. The van der Waals surface area contributed by atoms with Crippen molar-refractivity contribution in [2.24, 2.45) is 0 Å². The van der Waals surface area contributed by atoms with E-state index in [2.05, 4.69) is 26.5 Å². The van der Waals surface area contributed by atoms with Gasteiger partial charge in [-0.15, -0.1) is 0 Å². The number of nitriles is 1. The highest BCUT2D eigenvalue weighted by Crippen LogP contribution is 2.44. The lowest BCUT2D eigenvalue weighted by molar-refractivity contribution is 0.169. The highest BCUT2D eigenvalue weighted by molar-refractivity contribution is 5.98. The van der Waals surface area contributed by atoms with Crippen molar-refractivity contribution < 1.29 is 13.7 Å². The Kier molecular flexibility index (Phi) is 5.60. The van der Waals surface area contributed by atoms with Crippen molar-refractivity contribution in [3.8, 4) is 17.2 Å². The summed E-state index contributed by atoms with van der Waals surface area (Å²) in [5.74, 6) is 0.667. The molecule has 8 nitrogen and oxygen atoms in total. The molecule has 2 fully saturated rings. The largest absolute Gasteiger partial charge is 0.339 e. The van der Waals surface area contributed by atoms with Gasteiger partial charge in [0.2, 0.25) is 5.89 Å². The minimum absolute atomic E-state index is 0.267. The molecule has 0 spiro atoms. The zero-order chi connectivity index (χ0) is 25.6. The predicted octanol–water partition coefficient (Wildman–Crippen LogP) is 5.57. The normalized spacial score (nSPS) is 20.4. The van der Waals surface area contributed by atoms with Crippen LogP contribution in [0, 0.1) is 11.3 Å². The van der Waals surface area contributed by atoms with E-state index < -0.39 is 6.17 Å². The van der Waals surface area contributed by atoms with Gasteiger partial charge in [-0.25, -0.2) is 9.18 Å². The number of fused-ring (bicyclic) bond motifs is 1. The summed E-state index contributed by atoms with van der Waals surface area (Å²) in [6.07, 6.45) is 2.58. The molecule has 2 aromatic carbocycles. The molecule has 9 heteroatoms. The number of carbonyl (C=O) groups excluding carboxylic acids is 1. The van der Waals surface area contributed by atoms with Crippen LogP contribution in [0.5, 0.6) is 0 Å². The summed E-state index contributed by atoms with van der Waals surface area (Å²) in [5.41, 5.74) is 2.97. The highest BCUT2D eigenvalue weighted by atomic mass is 19.1. The van der Waals surface area contributed by atoms with Gasteiger partial charge in [-0.05, 0) is 43.0 Å². The minimum Gasteiger partial charge on any atom is -0.339 e. The number of nitrogens with one attached hydrogen (secondary N) is 1. The summed E-state index contributed by atoms with van der Waals surface area (Å²) in [6, 6.07) is 17.1. The third kappa shape index (κ3) is 4.29. The maximum atomic E-state index is 13.4. The summed E-state index contributed by atoms with van der Waals surface area (Å²) in [5, 5.41) is 17.9. The molecule has 186 valence electrons. The Hall–Kier alpha value is -4.32. The van der Waals surface area contributed by atoms with Gasteiger partial charge in [-0.3, -0.25) is 4.98 Å². The number of hydrogen-bond donors (Lipinski definition) is 1. The van der Waals surface area contributed by atoms with Crippen LogP contribution in [0.15, 0.2) is 59.3 Å².